The molecule has 2 aromatic rings. The van der Waals surface area contributed by atoms with Gasteiger partial charge in [0, 0.05) is 23.5 Å². The lowest BCUT2D eigenvalue weighted by Crippen LogP contribution is -2.48. The van der Waals surface area contributed by atoms with E-state index in [2.05, 4.69) is 20.8 Å². The minimum atomic E-state index is -0.0613. The zero-order valence-corrected chi connectivity index (χ0v) is 12.5. The quantitative estimate of drug-likeness (QED) is 0.795. The van der Waals surface area contributed by atoms with Crippen LogP contribution in [0.1, 0.15) is 36.2 Å². The maximum absolute atomic E-state index is 12.4. The summed E-state index contributed by atoms with van der Waals surface area (Å²) in [6.07, 6.45) is 4.54. The Morgan fingerprint density at radius 2 is 1.90 bits per heavy atom. The third kappa shape index (κ3) is 2.63. The molecule has 5 nitrogen and oxygen atoms in total. The Kier molecular flexibility index (Phi) is 3.87. The van der Waals surface area contributed by atoms with Crippen molar-refractivity contribution in [2.45, 2.75) is 43.8 Å². The van der Waals surface area contributed by atoms with Crippen LogP contribution in [-0.2, 0) is 0 Å². The highest BCUT2D eigenvalue weighted by atomic mass is 35.5. The van der Waals surface area contributed by atoms with Crippen LogP contribution in [0.25, 0.3) is 10.9 Å². The number of nitrogens with one attached hydrogen (secondary N) is 3. The molecule has 0 aliphatic carbocycles. The van der Waals surface area contributed by atoms with Gasteiger partial charge in [-0.3, -0.25) is 9.89 Å². The van der Waals surface area contributed by atoms with Gasteiger partial charge in [0.25, 0.3) is 5.91 Å². The summed E-state index contributed by atoms with van der Waals surface area (Å²) in [5.41, 5.74) is 1.41. The molecule has 1 amide bonds. The van der Waals surface area contributed by atoms with Crippen molar-refractivity contribution in [1.82, 2.24) is 20.8 Å². The van der Waals surface area contributed by atoms with Gasteiger partial charge in [-0.2, -0.15) is 5.10 Å². The summed E-state index contributed by atoms with van der Waals surface area (Å²) in [5, 5.41) is 14.7. The van der Waals surface area contributed by atoms with Gasteiger partial charge in [0.15, 0.2) is 5.69 Å². The number of amides is 1. The smallest absolute Gasteiger partial charge is 0.272 e. The van der Waals surface area contributed by atoms with Gasteiger partial charge in [-0.05, 0) is 31.7 Å². The highest BCUT2D eigenvalue weighted by Crippen LogP contribution is 2.27. The number of piperidine rings is 1. The van der Waals surface area contributed by atoms with Crippen molar-refractivity contribution in [3.8, 4) is 0 Å². The molecule has 2 atom stereocenters. The number of benzene rings is 1. The van der Waals surface area contributed by atoms with E-state index in [0.717, 1.165) is 23.7 Å². The van der Waals surface area contributed by atoms with Gasteiger partial charge >= 0.3 is 0 Å². The highest BCUT2D eigenvalue weighted by molar-refractivity contribution is 6.04. The summed E-state index contributed by atoms with van der Waals surface area (Å²) in [6.45, 7) is 0. The first-order valence-electron chi connectivity index (χ1n) is 7.29. The van der Waals surface area contributed by atoms with E-state index in [0.29, 0.717) is 17.8 Å². The van der Waals surface area contributed by atoms with Crippen LogP contribution in [0.3, 0.4) is 0 Å². The zero-order valence-electron chi connectivity index (χ0n) is 11.6. The number of H-pyrrole nitrogens is 1. The van der Waals surface area contributed by atoms with Crippen molar-refractivity contribution in [2.24, 2.45) is 0 Å². The van der Waals surface area contributed by atoms with Crippen LogP contribution in [0.15, 0.2) is 24.3 Å². The minimum absolute atomic E-state index is 0. The summed E-state index contributed by atoms with van der Waals surface area (Å²) in [6, 6.07) is 9.16. The normalized spacial score (nSPS) is 27.3. The standard InChI is InChI=1S/C15H18N4O.ClH/c20-15(14-12-3-1-2-4-13(12)18-19-14)17-11-7-9-5-6-10(8-11)16-9;/h1-4,9-11,16H,5-8H2,(H,17,20)(H,18,19);1H. The number of halogens is 1. The number of para-hydroxylation sites is 1. The predicted molar refractivity (Wildman–Crippen MR) is 83.8 cm³/mol. The third-order valence-electron chi connectivity index (χ3n) is 4.49. The fourth-order valence-electron chi connectivity index (χ4n) is 3.57. The number of fused-ring (bicyclic) bond motifs is 3. The Morgan fingerprint density at radius 3 is 2.67 bits per heavy atom. The van der Waals surface area contributed by atoms with Gasteiger partial charge in [0.05, 0.1) is 5.52 Å². The Balaban J connectivity index is 0.00000132. The molecule has 3 heterocycles. The molecule has 0 saturated carbocycles. The molecule has 3 N–H and O–H groups in total. The number of aromatic nitrogens is 2. The maximum Gasteiger partial charge on any atom is 0.272 e. The van der Waals surface area contributed by atoms with E-state index in [4.69, 9.17) is 0 Å². The Morgan fingerprint density at radius 1 is 1.19 bits per heavy atom. The molecule has 2 saturated heterocycles. The molecular formula is C15H19ClN4O. The van der Waals surface area contributed by atoms with Gasteiger partial charge in [0.1, 0.15) is 0 Å². The predicted octanol–water partition coefficient (Wildman–Crippen LogP) is 2.00. The van der Waals surface area contributed by atoms with Gasteiger partial charge in [-0.15, -0.1) is 12.4 Å². The summed E-state index contributed by atoms with van der Waals surface area (Å²) in [4.78, 5) is 12.4. The molecule has 2 unspecified atom stereocenters. The van der Waals surface area contributed by atoms with Crippen molar-refractivity contribution >= 4 is 29.2 Å². The van der Waals surface area contributed by atoms with E-state index < -0.39 is 0 Å². The van der Waals surface area contributed by atoms with E-state index in [9.17, 15) is 4.79 Å². The molecule has 0 radical (unpaired) electrons. The number of hydrogen-bond acceptors (Lipinski definition) is 3. The number of nitrogens with zero attached hydrogens (tertiary/aromatic N) is 1. The molecule has 2 aliphatic heterocycles. The van der Waals surface area contributed by atoms with E-state index in [-0.39, 0.29) is 24.4 Å². The average Bonchev–Trinajstić information content (AvgIpc) is 3.02. The summed E-state index contributed by atoms with van der Waals surface area (Å²) >= 11 is 0. The van der Waals surface area contributed by atoms with Crippen LogP contribution >= 0.6 is 12.4 Å². The Labute approximate surface area is 129 Å². The fourth-order valence-corrected chi connectivity index (χ4v) is 3.57. The van der Waals surface area contributed by atoms with E-state index in [1.807, 2.05) is 24.3 Å². The summed E-state index contributed by atoms with van der Waals surface area (Å²) in [7, 11) is 0. The molecule has 6 heteroatoms. The lowest BCUT2D eigenvalue weighted by Gasteiger charge is -2.29. The molecule has 2 aliphatic rings. The molecule has 2 bridgehead atoms. The lowest BCUT2D eigenvalue weighted by molar-refractivity contribution is 0.0920. The van der Waals surface area contributed by atoms with Crippen molar-refractivity contribution in [3.63, 3.8) is 0 Å². The largest absolute Gasteiger partial charge is 0.348 e. The molecule has 1 aromatic carbocycles. The third-order valence-corrected chi connectivity index (χ3v) is 4.49. The summed E-state index contributed by atoms with van der Waals surface area (Å²) < 4.78 is 0. The number of carbonyl (C=O) groups is 1. The van der Waals surface area contributed by atoms with Crippen LogP contribution in [0.5, 0.6) is 0 Å². The van der Waals surface area contributed by atoms with E-state index in [1.165, 1.54) is 12.8 Å². The topological polar surface area (TPSA) is 69.8 Å². The molecule has 0 spiro atoms. The minimum Gasteiger partial charge on any atom is -0.348 e. The maximum atomic E-state index is 12.4. The average molecular weight is 307 g/mol. The second kappa shape index (κ2) is 5.66. The van der Waals surface area contributed by atoms with E-state index in [1.54, 1.807) is 0 Å². The second-order valence-electron chi connectivity index (χ2n) is 5.90. The van der Waals surface area contributed by atoms with E-state index >= 15 is 0 Å². The number of hydrogen-bond donors (Lipinski definition) is 3. The molecular weight excluding hydrogens is 288 g/mol. The number of rotatable bonds is 2. The molecule has 4 rings (SSSR count). The van der Waals surface area contributed by atoms with Crippen LogP contribution in [0, 0.1) is 0 Å². The SMILES string of the molecule is Cl.O=C(NC1CC2CCC(C1)N2)c1n[nH]c2ccccc12. The number of carbonyl (C=O) groups excluding carboxylic acids is 1. The van der Waals surface area contributed by atoms with Gasteiger partial charge in [-0.25, -0.2) is 0 Å². The van der Waals surface area contributed by atoms with Crippen molar-refractivity contribution < 1.29 is 4.79 Å². The first kappa shape index (κ1) is 14.4. The van der Waals surface area contributed by atoms with Crippen LogP contribution in [0.2, 0.25) is 0 Å². The fraction of sp³-hybridized carbons (Fsp3) is 0.467. The van der Waals surface area contributed by atoms with Crippen molar-refractivity contribution in [1.29, 1.82) is 0 Å². The van der Waals surface area contributed by atoms with Gasteiger partial charge in [0.2, 0.25) is 0 Å². The highest BCUT2D eigenvalue weighted by Gasteiger charge is 2.34. The van der Waals surface area contributed by atoms with Crippen LogP contribution < -0.4 is 10.6 Å². The van der Waals surface area contributed by atoms with Gasteiger partial charge in [-0.1, -0.05) is 18.2 Å². The zero-order chi connectivity index (χ0) is 13.5. The van der Waals surface area contributed by atoms with Crippen molar-refractivity contribution in [3.05, 3.63) is 30.0 Å². The van der Waals surface area contributed by atoms with Crippen molar-refractivity contribution in [2.75, 3.05) is 0 Å². The Hall–Kier alpha value is -1.59. The summed E-state index contributed by atoms with van der Waals surface area (Å²) in [5.74, 6) is -0.0613. The first-order valence-corrected chi connectivity index (χ1v) is 7.29. The Bertz CT molecular complexity index is 644. The van der Waals surface area contributed by atoms with Crippen LogP contribution in [0.4, 0.5) is 0 Å². The van der Waals surface area contributed by atoms with Crippen LogP contribution in [-0.4, -0.2) is 34.2 Å². The lowest BCUT2D eigenvalue weighted by atomic mass is 9.99. The second-order valence-corrected chi connectivity index (χ2v) is 5.90. The van der Waals surface area contributed by atoms with Gasteiger partial charge < -0.3 is 10.6 Å². The molecule has 112 valence electrons. The number of aromatic amines is 1. The molecule has 1 aromatic heterocycles. The monoisotopic (exact) mass is 306 g/mol. The molecule has 21 heavy (non-hydrogen) atoms. The first-order chi connectivity index (χ1) is 9.79. The molecule has 2 fully saturated rings.